The van der Waals surface area contributed by atoms with Crippen LogP contribution in [-0.4, -0.2) is 0 Å². The van der Waals surface area contributed by atoms with Gasteiger partial charge in [-0.15, -0.1) is 0 Å². The minimum absolute atomic E-state index is 0.0112. The van der Waals surface area contributed by atoms with E-state index in [1.54, 1.807) is 12.1 Å². The first kappa shape index (κ1) is 20.8. The zero-order valence-electron chi connectivity index (χ0n) is 18.3. The van der Waals surface area contributed by atoms with Crippen molar-refractivity contribution < 1.29 is 4.39 Å². The Labute approximate surface area is 184 Å². The van der Waals surface area contributed by atoms with Crippen LogP contribution >= 0.6 is 0 Å². The average molecular weight is 407 g/mol. The highest BCUT2D eigenvalue weighted by Gasteiger charge is 2.19. The van der Waals surface area contributed by atoms with Crippen molar-refractivity contribution in [3.05, 3.63) is 148 Å². The Hall–Kier alpha value is -3.45. The van der Waals surface area contributed by atoms with Crippen LogP contribution in [0.25, 0.3) is 5.57 Å². The van der Waals surface area contributed by atoms with E-state index in [4.69, 9.17) is 0 Å². The quantitative estimate of drug-likeness (QED) is 0.315. The first-order chi connectivity index (χ1) is 15.0. The predicted octanol–water partition coefficient (Wildman–Crippen LogP) is 8.01. The Kier molecular flexibility index (Phi) is 6.13. The van der Waals surface area contributed by atoms with Gasteiger partial charge in [0.05, 0.1) is 0 Å². The molecule has 4 aromatic carbocycles. The molecule has 0 aliphatic heterocycles. The molecule has 0 saturated heterocycles. The number of hydrogen-bond donors (Lipinski definition) is 0. The molecule has 0 aromatic heterocycles. The highest BCUT2D eigenvalue weighted by Crippen LogP contribution is 2.36. The second-order valence-corrected chi connectivity index (χ2v) is 8.13. The monoisotopic (exact) mass is 406 g/mol. The van der Waals surface area contributed by atoms with Gasteiger partial charge in [0.2, 0.25) is 0 Å². The van der Waals surface area contributed by atoms with Gasteiger partial charge in [0.1, 0.15) is 5.82 Å². The van der Waals surface area contributed by atoms with E-state index in [1.165, 1.54) is 16.7 Å². The van der Waals surface area contributed by atoms with Gasteiger partial charge < -0.3 is 0 Å². The molecule has 0 fully saturated rings. The normalized spacial score (nSPS) is 11.7. The maximum atomic E-state index is 15.1. The van der Waals surface area contributed by atoms with E-state index >= 15 is 4.39 Å². The highest BCUT2D eigenvalue weighted by atomic mass is 19.1. The molecule has 4 rings (SSSR count). The lowest BCUT2D eigenvalue weighted by atomic mass is 9.83. The molecule has 0 spiro atoms. The molecule has 0 amide bonds. The molecule has 31 heavy (non-hydrogen) atoms. The van der Waals surface area contributed by atoms with Crippen LogP contribution in [0.4, 0.5) is 4.39 Å². The molecule has 0 atom stereocenters. The van der Waals surface area contributed by atoms with Crippen molar-refractivity contribution in [3.63, 3.8) is 0 Å². The molecule has 0 N–H and O–H groups in total. The number of rotatable bonds is 5. The molecule has 0 unspecified atom stereocenters. The fourth-order valence-corrected chi connectivity index (χ4v) is 4.46. The Bertz CT molecular complexity index is 1140. The topological polar surface area (TPSA) is 0 Å². The minimum atomic E-state index is -0.201. The predicted molar refractivity (Wildman–Crippen MR) is 129 cm³/mol. The van der Waals surface area contributed by atoms with Crippen LogP contribution in [0.2, 0.25) is 0 Å². The van der Waals surface area contributed by atoms with Crippen LogP contribution in [0.5, 0.6) is 0 Å². The van der Waals surface area contributed by atoms with E-state index in [9.17, 15) is 0 Å². The molecule has 0 heterocycles. The summed E-state index contributed by atoms with van der Waals surface area (Å²) in [5.41, 5.74) is 8.58. The van der Waals surface area contributed by atoms with E-state index in [0.29, 0.717) is 5.56 Å². The molecule has 0 aliphatic carbocycles. The van der Waals surface area contributed by atoms with Crippen molar-refractivity contribution >= 4 is 5.57 Å². The number of allylic oxidation sites excluding steroid dienone is 1. The molecule has 0 radical (unpaired) electrons. The third-order valence-electron chi connectivity index (χ3n) is 5.76. The fourth-order valence-electron chi connectivity index (χ4n) is 4.46. The van der Waals surface area contributed by atoms with Gasteiger partial charge in [0, 0.05) is 11.5 Å². The summed E-state index contributed by atoms with van der Waals surface area (Å²) in [6.07, 6.45) is 2.23. The summed E-state index contributed by atoms with van der Waals surface area (Å²) >= 11 is 0. The Morgan fingerprint density at radius 1 is 0.677 bits per heavy atom. The molecule has 0 saturated carbocycles. The van der Waals surface area contributed by atoms with Crippen LogP contribution in [0.1, 0.15) is 44.9 Å². The van der Waals surface area contributed by atoms with Crippen molar-refractivity contribution in [2.45, 2.75) is 26.7 Å². The Morgan fingerprint density at radius 2 is 1.16 bits per heavy atom. The number of aryl methyl sites for hydroxylation is 3. The lowest BCUT2D eigenvalue weighted by Crippen LogP contribution is -2.04. The van der Waals surface area contributed by atoms with Crippen LogP contribution in [-0.2, 0) is 0 Å². The lowest BCUT2D eigenvalue weighted by Gasteiger charge is -2.21. The standard InChI is InChI=1S/C30H27F/c1-21-18-22(2)30(23(3)19-21)28(26-16-10-11-17-29(26)31)20-27(24-12-6-4-7-13-24)25-14-8-5-9-15-25/h4-20,27H,1-3H3/b28-20+. The van der Waals surface area contributed by atoms with Crippen molar-refractivity contribution in [1.29, 1.82) is 0 Å². The average Bonchev–Trinajstić information content (AvgIpc) is 2.77. The third-order valence-corrected chi connectivity index (χ3v) is 5.76. The zero-order chi connectivity index (χ0) is 21.8. The van der Waals surface area contributed by atoms with Crippen molar-refractivity contribution in [2.75, 3.05) is 0 Å². The van der Waals surface area contributed by atoms with E-state index < -0.39 is 0 Å². The number of benzene rings is 4. The minimum Gasteiger partial charge on any atom is -0.206 e. The molecule has 0 aliphatic rings. The molecule has 0 nitrogen and oxygen atoms in total. The SMILES string of the molecule is Cc1cc(C)c(/C(=C/C(c2ccccc2)c2ccccc2)c2ccccc2F)c(C)c1. The lowest BCUT2D eigenvalue weighted by molar-refractivity contribution is 0.624. The molecule has 1 heteroatoms. The van der Waals surface area contributed by atoms with Gasteiger partial charge in [-0.05, 0) is 60.2 Å². The number of halogens is 1. The van der Waals surface area contributed by atoms with Gasteiger partial charge >= 0.3 is 0 Å². The smallest absolute Gasteiger partial charge is 0.131 e. The van der Waals surface area contributed by atoms with Gasteiger partial charge in [-0.2, -0.15) is 0 Å². The molecule has 4 aromatic rings. The number of hydrogen-bond acceptors (Lipinski definition) is 0. The molecule has 0 bridgehead atoms. The van der Waals surface area contributed by atoms with Crippen LogP contribution in [0.15, 0.2) is 103 Å². The summed E-state index contributed by atoms with van der Waals surface area (Å²) in [5, 5.41) is 0. The van der Waals surface area contributed by atoms with E-state index in [2.05, 4.69) is 87.5 Å². The maximum Gasteiger partial charge on any atom is 0.131 e. The van der Waals surface area contributed by atoms with Crippen LogP contribution < -0.4 is 0 Å². The summed E-state index contributed by atoms with van der Waals surface area (Å²) < 4.78 is 15.1. The first-order valence-corrected chi connectivity index (χ1v) is 10.7. The van der Waals surface area contributed by atoms with Gasteiger partial charge in [-0.3, -0.25) is 0 Å². The van der Waals surface area contributed by atoms with E-state index in [-0.39, 0.29) is 11.7 Å². The van der Waals surface area contributed by atoms with Gasteiger partial charge in [0.15, 0.2) is 0 Å². The second-order valence-electron chi connectivity index (χ2n) is 8.13. The van der Waals surface area contributed by atoms with Crippen molar-refractivity contribution in [1.82, 2.24) is 0 Å². The molecule has 154 valence electrons. The van der Waals surface area contributed by atoms with Crippen LogP contribution in [0.3, 0.4) is 0 Å². The summed E-state index contributed by atoms with van der Waals surface area (Å²) in [7, 11) is 0. The maximum absolute atomic E-state index is 15.1. The van der Waals surface area contributed by atoms with Crippen LogP contribution in [0, 0.1) is 26.6 Å². The second kappa shape index (κ2) is 9.14. The highest BCUT2D eigenvalue weighted by molar-refractivity contribution is 5.84. The summed E-state index contributed by atoms with van der Waals surface area (Å²) in [5.74, 6) is -0.190. The third kappa shape index (κ3) is 4.51. The largest absolute Gasteiger partial charge is 0.206 e. The molecular weight excluding hydrogens is 379 g/mol. The first-order valence-electron chi connectivity index (χ1n) is 10.7. The summed E-state index contributed by atoms with van der Waals surface area (Å²) in [6.45, 7) is 6.33. The van der Waals surface area contributed by atoms with E-state index in [0.717, 1.165) is 22.3 Å². The molecular formula is C30H27F. The van der Waals surface area contributed by atoms with Gasteiger partial charge in [-0.25, -0.2) is 4.39 Å². The fraction of sp³-hybridized carbons (Fsp3) is 0.133. The summed E-state index contributed by atoms with van der Waals surface area (Å²) in [6, 6.07) is 32.3. The Morgan fingerprint density at radius 3 is 1.68 bits per heavy atom. The zero-order valence-corrected chi connectivity index (χ0v) is 18.3. The van der Waals surface area contributed by atoms with Gasteiger partial charge in [-0.1, -0.05) is 103 Å². The van der Waals surface area contributed by atoms with Gasteiger partial charge in [0.25, 0.3) is 0 Å². The Balaban J connectivity index is 2.01. The summed E-state index contributed by atoms with van der Waals surface area (Å²) in [4.78, 5) is 0. The van der Waals surface area contributed by atoms with Crippen molar-refractivity contribution in [3.8, 4) is 0 Å². The van der Waals surface area contributed by atoms with Crippen molar-refractivity contribution in [2.24, 2.45) is 0 Å². The van der Waals surface area contributed by atoms with E-state index in [1.807, 2.05) is 24.3 Å².